The maximum absolute atomic E-state index is 13.2. The van der Waals surface area contributed by atoms with Gasteiger partial charge in [-0.1, -0.05) is 36.8 Å². The zero-order valence-electron chi connectivity index (χ0n) is 20.8. The van der Waals surface area contributed by atoms with E-state index in [1.54, 1.807) is 30.3 Å². The lowest BCUT2D eigenvalue weighted by atomic mass is 10.0. The number of carbonyl (C=O) groups excluding carboxylic acids is 3. The van der Waals surface area contributed by atoms with Crippen molar-refractivity contribution in [3.63, 3.8) is 0 Å². The molecule has 0 aliphatic carbocycles. The number of aliphatic hydroxyl groups excluding tert-OH is 1. The van der Waals surface area contributed by atoms with E-state index in [4.69, 9.17) is 16.6 Å². The molecule has 37 heavy (non-hydrogen) atoms. The smallest absolute Gasteiger partial charge is 0.328 e. The first-order valence-corrected chi connectivity index (χ1v) is 12.0. The Morgan fingerprint density at radius 1 is 0.865 bits per heavy atom. The Hall–Kier alpha value is -3.55. The Kier molecular flexibility index (Phi) is 13.8. The molecule has 0 bridgehead atoms. The van der Waals surface area contributed by atoms with E-state index in [0.717, 1.165) is 6.92 Å². The van der Waals surface area contributed by atoms with Crippen molar-refractivity contribution in [3.8, 4) is 0 Å². The van der Waals surface area contributed by atoms with Crippen LogP contribution in [0.15, 0.2) is 30.3 Å². The largest absolute Gasteiger partial charge is 0.481 e. The molecule has 1 rings (SSSR count). The first-order valence-electron chi connectivity index (χ1n) is 12.0. The van der Waals surface area contributed by atoms with Crippen LogP contribution >= 0.6 is 0 Å². The van der Waals surface area contributed by atoms with E-state index < -0.39 is 66.4 Å². The number of hydrogen-bond donors (Lipinski definition) is 8. The number of carbonyl (C=O) groups is 5. The van der Waals surface area contributed by atoms with Gasteiger partial charge in [-0.15, -0.1) is 0 Å². The van der Waals surface area contributed by atoms with Crippen LogP contribution in [0.25, 0.3) is 0 Å². The predicted octanol–water partition coefficient (Wildman–Crippen LogP) is -1.53. The summed E-state index contributed by atoms with van der Waals surface area (Å²) in [5.74, 6) is -5.12. The summed E-state index contributed by atoms with van der Waals surface area (Å²) in [7, 11) is 0. The lowest BCUT2D eigenvalue weighted by Crippen LogP contribution is -2.58. The summed E-state index contributed by atoms with van der Waals surface area (Å²) in [4.78, 5) is 61.1. The topological polar surface area (TPSA) is 234 Å². The molecule has 3 amide bonds. The number of hydrogen-bond acceptors (Lipinski definition) is 8. The minimum atomic E-state index is -1.68. The molecule has 10 N–H and O–H groups in total. The second-order valence-corrected chi connectivity index (χ2v) is 8.70. The Balaban J connectivity index is 3.09. The molecule has 0 aliphatic heterocycles. The second-order valence-electron chi connectivity index (χ2n) is 8.70. The van der Waals surface area contributed by atoms with Crippen molar-refractivity contribution >= 4 is 29.7 Å². The van der Waals surface area contributed by atoms with Crippen LogP contribution < -0.4 is 27.4 Å². The third-order valence-electron chi connectivity index (χ3n) is 5.55. The molecule has 5 unspecified atom stereocenters. The number of carboxylic acid groups (broad SMARTS) is 2. The van der Waals surface area contributed by atoms with Crippen LogP contribution in [0.3, 0.4) is 0 Å². The summed E-state index contributed by atoms with van der Waals surface area (Å²) in [6.45, 7) is 1.61. The van der Waals surface area contributed by atoms with Crippen LogP contribution in [0.5, 0.6) is 0 Å². The van der Waals surface area contributed by atoms with E-state index >= 15 is 0 Å². The maximum atomic E-state index is 13.2. The standard InChI is InChI=1S/C24H37N5O8/c1-14(30)20(24(36)37)29-22(34)17(10-11-19(31)32)27-23(35)18(13-15-7-3-2-4-8-15)28-21(33)16(26)9-5-6-12-25/h2-4,7-8,14,16-18,20,30H,5-6,9-13,25-26H2,1H3,(H,27,35)(H,28,33)(H,29,34)(H,31,32)(H,36,37). The van der Waals surface area contributed by atoms with E-state index in [9.17, 15) is 34.2 Å². The van der Waals surface area contributed by atoms with Gasteiger partial charge in [0.15, 0.2) is 6.04 Å². The zero-order chi connectivity index (χ0) is 28.0. The average molecular weight is 524 g/mol. The van der Waals surface area contributed by atoms with Crippen LogP contribution in [0, 0.1) is 0 Å². The molecule has 0 fully saturated rings. The molecule has 5 atom stereocenters. The molecule has 0 aromatic heterocycles. The molecule has 0 radical (unpaired) electrons. The minimum absolute atomic E-state index is 0.0482. The highest BCUT2D eigenvalue weighted by atomic mass is 16.4. The summed E-state index contributed by atoms with van der Waals surface area (Å²) in [5, 5.41) is 35.0. The number of carboxylic acids is 2. The van der Waals surface area contributed by atoms with Crippen LogP contribution in [0.4, 0.5) is 0 Å². The highest BCUT2D eigenvalue weighted by Gasteiger charge is 2.32. The number of aliphatic carboxylic acids is 2. The first kappa shape index (κ1) is 31.5. The summed E-state index contributed by atoms with van der Waals surface area (Å²) in [6.07, 6.45) is -0.626. The molecular weight excluding hydrogens is 486 g/mol. The average Bonchev–Trinajstić information content (AvgIpc) is 2.84. The Bertz CT molecular complexity index is 912. The molecule has 0 aliphatic rings. The highest BCUT2D eigenvalue weighted by molar-refractivity contribution is 5.94. The molecule has 206 valence electrons. The molecular formula is C24H37N5O8. The molecule has 0 spiro atoms. The van der Waals surface area contributed by atoms with E-state index in [1.807, 2.05) is 0 Å². The normalized spacial score (nSPS) is 14.9. The van der Waals surface area contributed by atoms with E-state index in [-0.39, 0.29) is 12.8 Å². The minimum Gasteiger partial charge on any atom is -0.481 e. The van der Waals surface area contributed by atoms with Gasteiger partial charge in [-0.2, -0.15) is 0 Å². The van der Waals surface area contributed by atoms with Crippen molar-refractivity contribution in [2.45, 2.75) is 75.7 Å². The summed E-state index contributed by atoms with van der Waals surface area (Å²) in [5.41, 5.74) is 12.1. The Morgan fingerprint density at radius 2 is 1.46 bits per heavy atom. The van der Waals surface area contributed by atoms with Gasteiger partial charge >= 0.3 is 11.9 Å². The summed E-state index contributed by atoms with van der Waals surface area (Å²) < 4.78 is 0. The number of nitrogens with one attached hydrogen (secondary N) is 3. The van der Waals surface area contributed by atoms with Crippen molar-refractivity contribution in [3.05, 3.63) is 35.9 Å². The molecule has 0 saturated carbocycles. The number of nitrogens with two attached hydrogens (primary N) is 2. The number of aliphatic hydroxyl groups is 1. The van der Waals surface area contributed by atoms with Gasteiger partial charge in [0.05, 0.1) is 12.1 Å². The third-order valence-corrected chi connectivity index (χ3v) is 5.55. The van der Waals surface area contributed by atoms with Gasteiger partial charge in [0, 0.05) is 12.8 Å². The van der Waals surface area contributed by atoms with Gasteiger partial charge in [-0.25, -0.2) is 4.79 Å². The second kappa shape index (κ2) is 16.2. The fraction of sp³-hybridized carbons (Fsp3) is 0.542. The number of unbranched alkanes of at least 4 members (excludes halogenated alkanes) is 1. The van der Waals surface area contributed by atoms with E-state index in [0.29, 0.717) is 31.4 Å². The zero-order valence-corrected chi connectivity index (χ0v) is 20.8. The lowest BCUT2D eigenvalue weighted by Gasteiger charge is -2.25. The molecule has 0 heterocycles. The molecule has 13 heteroatoms. The van der Waals surface area contributed by atoms with Gasteiger partial charge in [0.2, 0.25) is 17.7 Å². The van der Waals surface area contributed by atoms with Crippen molar-refractivity contribution in [1.82, 2.24) is 16.0 Å². The van der Waals surface area contributed by atoms with Crippen molar-refractivity contribution in [2.24, 2.45) is 11.5 Å². The fourth-order valence-corrected chi connectivity index (χ4v) is 3.43. The quantitative estimate of drug-likeness (QED) is 0.110. The molecule has 1 aromatic carbocycles. The monoisotopic (exact) mass is 523 g/mol. The van der Waals surface area contributed by atoms with Crippen molar-refractivity contribution in [1.29, 1.82) is 0 Å². The molecule has 0 saturated heterocycles. The van der Waals surface area contributed by atoms with Gasteiger partial charge in [0.1, 0.15) is 12.1 Å². The number of amides is 3. The summed E-state index contributed by atoms with van der Waals surface area (Å²) >= 11 is 0. The van der Waals surface area contributed by atoms with Crippen LogP contribution in [-0.4, -0.2) is 81.8 Å². The highest BCUT2D eigenvalue weighted by Crippen LogP contribution is 2.08. The Labute approximate surface area is 215 Å². The van der Waals surface area contributed by atoms with Gasteiger partial charge in [-0.05, 0) is 38.3 Å². The Morgan fingerprint density at radius 3 is 2.00 bits per heavy atom. The first-order chi connectivity index (χ1) is 17.5. The third kappa shape index (κ3) is 11.8. The van der Waals surface area contributed by atoms with Crippen molar-refractivity contribution < 1.29 is 39.3 Å². The van der Waals surface area contributed by atoms with E-state index in [1.165, 1.54) is 0 Å². The van der Waals surface area contributed by atoms with Gasteiger partial charge in [-0.3, -0.25) is 19.2 Å². The SMILES string of the molecule is CC(O)C(NC(=O)C(CCC(=O)O)NC(=O)C(Cc1ccccc1)NC(=O)C(N)CCCCN)C(=O)O. The molecule has 13 nitrogen and oxygen atoms in total. The fourth-order valence-electron chi connectivity index (χ4n) is 3.43. The van der Waals surface area contributed by atoms with Crippen LogP contribution in [-0.2, 0) is 30.4 Å². The van der Waals surface area contributed by atoms with Crippen molar-refractivity contribution in [2.75, 3.05) is 6.54 Å². The lowest BCUT2D eigenvalue weighted by molar-refractivity contribution is -0.145. The van der Waals surface area contributed by atoms with Gasteiger partial charge in [0.25, 0.3) is 0 Å². The van der Waals surface area contributed by atoms with Crippen LogP contribution in [0.2, 0.25) is 0 Å². The summed E-state index contributed by atoms with van der Waals surface area (Å²) in [6, 6.07) is 3.56. The van der Waals surface area contributed by atoms with E-state index in [2.05, 4.69) is 16.0 Å². The maximum Gasteiger partial charge on any atom is 0.328 e. The number of rotatable bonds is 17. The van der Waals surface area contributed by atoms with Crippen LogP contribution in [0.1, 0.15) is 44.6 Å². The number of benzene rings is 1. The predicted molar refractivity (Wildman–Crippen MR) is 133 cm³/mol. The van der Waals surface area contributed by atoms with Gasteiger partial charge < -0.3 is 42.7 Å². The molecule has 1 aromatic rings.